The molecule has 0 unspecified atom stereocenters. The maximum Gasteiger partial charge on any atom is 0.347 e. The molecule has 0 radical (unpaired) electrons. The van der Waals surface area contributed by atoms with E-state index in [1.54, 1.807) is 10.8 Å². The minimum Gasteiger partial charge on any atom is -0.254 e. The Morgan fingerprint density at radius 2 is 2.31 bits per heavy atom. The maximum absolute atomic E-state index is 11.4. The average Bonchev–Trinajstić information content (AvgIpc) is 2.51. The van der Waals surface area contributed by atoms with Gasteiger partial charge in [-0.2, -0.15) is 5.10 Å². The van der Waals surface area contributed by atoms with Crippen LogP contribution in [0, 0.1) is 6.92 Å². The van der Waals surface area contributed by atoms with E-state index in [2.05, 4.69) is 35.3 Å². The molecule has 1 aromatic carbocycles. The third kappa shape index (κ3) is 1.31. The van der Waals surface area contributed by atoms with Crippen LogP contribution >= 0.6 is 0 Å². The predicted octanol–water partition coefficient (Wildman–Crippen LogP) is 1.41. The normalized spacial score (nSPS) is 13.1. The predicted molar refractivity (Wildman–Crippen MR) is 62.1 cm³/mol. The van der Waals surface area contributed by atoms with Crippen LogP contribution in [0.2, 0.25) is 0 Å². The smallest absolute Gasteiger partial charge is 0.254 e. The molecule has 80 valence electrons. The largest absolute Gasteiger partial charge is 0.347 e. The number of rotatable bonds is 0. The second-order valence-electron chi connectivity index (χ2n) is 4.01. The number of benzene rings is 1. The molecule has 0 bridgehead atoms. The van der Waals surface area contributed by atoms with Gasteiger partial charge in [-0.25, -0.2) is 9.89 Å². The first-order valence-corrected chi connectivity index (χ1v) is 5.17. The van der Waals surface area contributed by atoms with Crippen molar-refractivity contribution in [2.45, 2.75) is 13.3 Å². The highest BCUT2D eigenvalue weighted by atomic mass is 16.1. The van der Waals surface area contributed by atoms with E-state index in [1.165, 1.54) is 11.1 Å². The number of aromatic nitrogens is 3. The van der Waals surface area contributed by atoms with E-state index in [4.69, 9.17) is 0 Å². The van der Waals surface area contributed by atoms with Crippen molar-refractivity contribution in [2.75, 3.05) is 0 Å². The van der Waals surface area contributed by atoms with Gasteiger partial charge in [-0.05, 0) is 24.1 Å². The van der Waals surface area contributed by atoms with E-state index in [0.29, 0.717) is 6.42 Å². The maximum atomic E-state index is 11.4. The molecule has 0 saturated heterocycles. The molecule has 16 heavy (non-hydrogen) atoms. The summed E-state index contributed by atoms with van der Waals surface area (Å²) in [6, 6.07) is 6.28. The Morgan fingerprint density at radius 1 is 1.44 bits per heavy atom. The lowest BCUT2D eigenvalue weighted by molar-refractivity contribution is 0.935. The Hall–Kier alpha value is -2.10. The van der Waals surface area contributed by atoms with E-state index < -0.39 is 0 Å². The quantitative estimate of drug-likeness (QED) is 0.614. The summed E-state index contributed by atoms with van der Waals surface area (Å²) in [7, 11) is 0. The summed E-state index contributed by atoms with van der Waals surface area (Å²) in [5.41, 5.74) is 3.39. The first-order valence-electron chi connectivity index (χ1n) is 5.17. The zero-order valence-corrected chi connectivity index (χ0v) is 8.90. The van der Waals surface area contributed by atoms with Gasteiger partial charge in [0.15, 0.2) is 0 Å². The fraction of sp³-hybridized carbons (Fsp3) is 0.167. The third-order valence-corrected chi connectivity index (χ3v) is 2.83. The number of hydrogen-bond donors (Lipinski definition) is 1. The number of aromatic amines is 1. The molecular formula is C12H11N3O. The van der Waals surface area contributed by atoms with Crippen LogP contribution < -0.4 is 5.69 Å². The summed E-state index contributed by atoms with van der Waals surface area (Å²) in [5.74, 6) is 0.754. The van der Waals surface area contributed by atoms with Crippen molar-refractivity contribution in [3.63, 3.8) is 0 Å². The minimum absolute atomic E-state index is 0.184. The van der Waals surface area contributed by atoms with Crippen LogP contribution in [-0.2, 0) is 6.42 Å². The molecule has 0 aliphatic carbocycles. The van der Waals surface area contributed by atoms with Crippen LogP contribution in [0.5, 0.6) is 0 Å². The van der Waals surface area contributed by atoms with Crippen molar-refractivity contribution in [1.82, 2.24) is 14.8 Å². The second-order valence-corrected chi connectivity index (χ2v) is 4.01. The van der Waals surface area contributed by atoms with Gasteiger partial charge < -0.3 is 0 Å². The summed E-state index contributed by atoms with van der Waals surface area (Å²) in [5, 5.41) is 6.47. The van der Waals surface area contributed by atoms with Crippen LogP contribution in [0.4, 0.5) is 0 Å². The van der Waals surface area contributed by atoms with Gasteiger partial charge in [0.05, 0.1) is 0 Å². The molecule has 0 atom stereocenters. The topological polar surface area (TPSA) is 50.7 Å². The summed E-state index contributed by atoms with van der Waals surface area (Å²) < 4.78 is 1.55. The molecule has 1 aromatic heterocycles. The van der Waals surface area contributed by atoms with Gasteiger partial charge in [0.2, 0.25) is 0 Å². The summed E-state index contributed by atoms with van der Waals surface area (Å²) >= 11 is 0. The Kier molecular flexibility index (Phi) is 1.83. The molecule has 2 aromatic rings. The highest BCUT2D eigenvalue weighted by Crippen LogP contribution is 2.19. The first kappa shape index (κ1) is 9.15. The van der Waals surface area contributed by atoms with Crippen LogP contribution in [-0.4, -0.2) is 14.8 Å². The summed E-state index contributed by atoms with van der Waals surface area (Å²) in [6.07, 6.45) is 4.41. The molecule has 4 nitrogen and oxygen atoms in total. The van der Waals surface area contributed by atoms with Crippen molar-refractivity contribution >= 4 is 12.3 Å². The molecule has 1 aliphatic rings. The van der Waals surface area contributed by atoms with Crippen LogP contribution in [0.15, 0.2) is 23.0 Å². The fourth-order valence-corrected chi connectivity index (χ4v) is 1.97. The molecule has 4 heteroatoms. The zero-order valence-electron chi connectivity index (χ0n) is 8.90. The molecular weight excluding hydrogens is 202 g/mol. The van der Waals surface area contributed by atoms with Gasteiger partial charge in [-0.15, -0.1) is 0 Å². The molecule has 1 aliphatic heterocycles. The van der Waals surface area contributed by atoms with Gasteiger partial charge in [0.1, 0.15) is 5.82 Å². The lowest BCUT2D eigenvalue weighted by Gasteiger charge is -2.03. The Morgan fingerprint density at radius 3 is 3.19 bits per heavy atom. The third-order valence-electron chi connectivity index (χ3n) is 2.83. The number of nitrogens with one attached hydrogen (secondary N) is 1. The van der Waals surface area contributed by atoms with E-state index >= 15 is 0 Å². The molecule has 0 spiro atoms. The zero-order chi connectivity index (χ0) is 11.1. The summed E-state index contributed by atoms with van der Waals surface area (Å²) in [6.45, 7) is 2.06. The number of hydrogen-bond acceptors (Lipinski definition) is 2. The molecule has 2 heterocycles. The minimum atomic E-state index is -0.184. The summed E-state index contributed by atoms with van der Waals surface area (Å²) in [4.78, 5) is 11.4. The lowest BCUT2D eigenvalue weighted by Crippen LogP contribution is -2.12. The average molecular weight is 213 g/mol. The Labute approximate surface area is 92.2 Å². The van der Waals surface area contributed by atoms with Gasteiger partial charge >= 0.3 is 5.69 Å². The van der Waals surface area contributed by atoms with Crippen molar-refractivity contribution in [1.29, 1.82) is 0 Å². The Bertz CT molecular complexity index is 634. The van der Waals surface area contributed by atoms with Gasteiger partial charge in [-0.3, -0.25) is 4.57 Å². The van der Waals surface area contributed by atoms with E-state index in [1.807, 2.05) is 6.08 Å². The molecule has 0 saturated carbocycles. The van der Waals surface area contributed by atoms with Crippen LogP contribution in [0.1, 0.15) is 22.5 Å². The molecule has 3 rings (SSSR count). The van der Waals surface area contributed by atoms with Crippen molar-refractivity contribution < 1.29 is 0 Å². The lowest BCUT2D eigenvalue weighted by atomic mass is 10.0. The first-order chi connectivity index (χ1) is 7.74. The molecule has 1 N–H and O–H groups in total. The van der Waals surface area contributed by atoms with Crippen molar-refractivity contribution in [3.8, 4) is 0 Å². The SMILES string of the molecule is Cc1ccc2c(c1)C=Cn1c(n[nH]c1=O)C2. The molecule has 0 fully saturated rings. The second kappa shape index (κ2) is 3.20. The number of nitrogens with zero attached hydrogens (tertiary/aromatic N) is 2. The van der Waals surface area contributed by atoms with E-state index in [9.17, 15) is 4.79 Å². The number of fused-ring (bicyclic) bond motifs is 2. The van der Waals surface area contributed by atoms with E-state index in [-0.39, 0.29) is 5.69 Å². The number of aryl methyl sites for hydroxylation is 1. The highest BCUT2D eigenvalue weighted by Gasteiger charge is 2.12. The highest BCUT2D eigenvalue weighted by molar-refractivity contribution is 5.65. The fourth-order valence-electron chi connectivity index (χ4n) is 1.97. The monoisotopic (exact) mass is 213 g/mol. The van der Waals surface area contributed by atoms with Gasteiger partial charge in [0.25, 0.3) is 0 Å². The van der Waals surface area contributed by atoms with Gasteiger partial charge in [0, 0.05) is 12.6 Å². The van der Waals surface area contributed by atoms with Crippen LogP contribution in [0.3, 0.4) is 0 Å². The Balaban J connectivity index is 2.21. The standard InChI is InChI=1S/C12H11N3O/c1-8-2-3-9-7-11-13-14-12(16)15(11)5-4-10(9)6-8/h2-6H,7H2,1H3,(H,14,16). The number of H-pyrrole nitrogens is 1. The van der Waals surface area contributed by atoms with Crippen LogP contribution in [0.25, 0.3) is 12.3 Å². The van der Waals surface area contributed by atoms with Crippen molar-refractivity contribution in [2.24, 2.45) is 0 Å². The molecule has 0 amide bonds. The van der Waals surface area contributed by atoms with Gasteiger partial charge in [-0.1, -0.05) is 23.8 Å². The van der Waals surface area contributed by atoms with Crippen molar-refractivity contribution in [3.05, 3.63) is 51.2 Å². The van der Waals surface area contributed by atoms with E-state index in [0.717, 1.165) is 11.4 Å².